The minimum Gasteiger partial charge on any atom is -0.348 e. The summed E-state index contributed by atoms with van der Waals surface area (Å²) in [6.07, 6.45) is 0.485. The number of nitrogens with one attached hydrogen (secondary N) is 1. The molecule has 1 aromatic rings. The molecular weight excluding hydrogens is 219 g/mol. The van der Waals surface area contributed by atoms with E-state index in [0.29, 0.717) is 6.42 Å². The molecule has 1 N–H and O–H groups in total. The maximum atomic E-state index is 12.7. The smallest absolute Gasteiger partial charge is 0.237 e. The van der Waals surface area contributed by atoms with E-state index in [1.54, 1.807) is 26.0 Å². The average Bonchev–Trinajstić information content (AvgIpc) is 2.31. The van der Waals surface area contributed by atoms with E-state index in [1.807, 2.05) is 6.07 Å². The topological polar surface area (TPSA) is 52.9 Å². The molecule has 3 nitrogen and oxygen atoms in total. The molecule has 90 valence electrons. The maximum absolute atomic E-state index is 12.7. The second-order valence-electron chi connectivity index (χ2n) is 3.87. The fraction of sp³-hybridized carbons (Fsp3) is 0.385. The Morgan fingerprint density at radius 1 is 1.47 bits per heavy atom. The summed E-state index contributed by atoms with van der Waals surface area (Å²) < 4.78 is 12.7. The highest BCUT2D eigenvalue weighted by Gasteiger charge is 2.17. The number of benzene rings is 1. The Bertz CT molecular complexity index is 422. The van der Waals surface area contributed by atoms with Gasteiger partial charge < -0.3 is 5.32 Å². The van der Waals surface area contributed by atoms with Gasteiger partial charge in [0.15, 0.2) is 0 Å². The van der Waals surface area contributed by atoms with Gasteiger partial charge in [-0.15, -0.1) is 0 Å². The number of carbonyl (C=O) groups is 1. The van der Waals surface area contributed by atoms with Gasteiger partial charge >= 0.3 is 0 Å². The second kappa shape index (κ2) is 6.00. The van der Waals surface area contributed by atoms with Crippen molar-refractivity contribution in [2.45, 2.75) is 26.3 Å². The lowest BCUT2D eigenvalue weighted by Crippen LogP contribution is -2.31. The van der Waals surface area contributed by atoms with Crippen molar-refractivity contribution in [1.82, 2.24) is 5.32 Å². The number of halogens is 1. The van der Waals surface area contributed by atoms with Crippen molar-refractivity contribution in [2.75, 3.05) is 0 Å². The van der Waals surface area contributed by atoms with E-state index in [4.69, 9.17) is 5.26 Å². The number of nitriles is 1. The van der Waals surface area contributed by atoms with Crippen molar-refractivity contribution in [1.29, 1.82) is 5.26 Å². The van der Waals surface area contributed by atoms with E-state index >= 15 is 0 Å². The second-order valence-corrected chi connectivity index (χ2v) is 3.87. The molecule has 0 aliphatic rings. The Hall–Kier alpha value is -1.89. The normalized spacial score (nSPS) is 13.5. The molecule has 0 bridgehead atoms. The number of nitrogens with zero attached hydrogens (tertiary/aromatic N) is 1. The van der Waals surface area contributed by atoms with Crippen LogP contribution in [0.4, 0.5) is 4.39 Å². The molecule has 0 heterocycles. The van der Waals surface area contributed by atoms with E-state index in [-0.39, 0.29) is 17.8 Å². The molecule has 0 saturated heterocycles. The van der Waals surface area contributed by atoms with Gasteiger partial charge in [-0.3, -0.25) is 4.79 Å². The summed E-state index contributed by atoms with van der Waals surface area (Å²) in [7, 11) is 0. The van der Waals surface area contributed by atoms with E-state index in [2.05, 4.69) is 5.32 Å². The molecule has 0 spiro atoms. The number of rotatable bonds is 4. The Labute approximate surface area is 100 Å². The third-order valence-electron chi connectivity index (χ3n) is 2.61. The van der Waals surface area contributed by atoms with Crippen LogP contribution >= 0.6 is 0 Å². The SMILES string of the molecule is CCC(C#N)C(=O)NC(C)c1ccc(F)cc1. The van der Waals surface area contributed by atoms with E-state index in [0.717, 1.165) is 5.56 Å². The van der Waals surface area contributed by atoms with Crippen LogP contribution in [0.25, 0.3) is 0 Å². The van der Waals surface area contributed by atoms with Crippen molar-refractivity contribution in [2.24, 2.45) is 5.92 Å². The first kappa shape index (κ1) is 13.2. The first-order valence-electron chi connectivity index (χ1n) is 5.54. The molecule has 1 aromatic carbocycles. The molecule has 0 aliphatic heterocycles. The van der Waals surface area contributed by atoms with Crippen LogP contribution in [0.1, 0.15) is 31.9 Å². The predicted molar refractivity (Wildman–Crippen MR) is 62.4 cm³/mol. The zero-order valence-electron chi connectivity index (χ0n) is 9.90. The van der Waals surface area contributed by atoms with Crippen LogP contribution in [0.15, 0.2) is 24.3 Å². The molecule has 0 saturated carbocycles. The summed E-state index contributed by atoms with van der Waals surface area (Å²) in [5.41, 5.74) is 0.813. The number of amides is 1. The molecule has 1 rings (SSSR count). The van der Waals surface area contributed by atoms with Gasteiger partial charge in [0.05, 0.1) is 12.1 Å². The standard InChI is InChI=1S/C13H15FN2O/c1-3-10(8-15)13(17)16-9(2)11-4-6-12(14)7-5-11/h4-7,9-10H,3H2,1-2H3,(H,16,17). The Kier molecular flexibility index (Phi) is 4.65. The van der Waals surface area contributed by atoms with E-state index in [9.17, 15) is 9.18 Å². The maximum Gasteiger partial charge on any atom is 0.237 e. The highest BCUT2D eigenvalue weighted by atomic mass is 19.1. The van der Waals surface area contributed by atoms with Crippen LogP contribution in [0, 0.1) is 23.1 Å². The fourth-order valence-electron chi connectivity index (χ4n) is 1.48. The Balaban J connectivity index is 2.66. The largest absolute Gasteiger partial charge is 0.348 e. The van der Waals surface area contributed by atoms with Gasteiger partial charge in [-0.05, 0) is 31.0 Å². The molecule has 0 aromatic heterocycles. The van der Waals surface area contributed by atoms with Gasteiger partial charge in [-0.2, -0.15) is 5.26 Å². The van der Waals surface area contributed by atoms with Crippen LogP contribution in [0.5, 0.6) is 0 Å². The van der Waals surface area contributed by atoms with Gasteiger partial charge in [0.1, 0.15) is 11.7 Å². The molecule has 17 heavy (non-hydrogen) atoms. The minimum atomic E-state index is -0.627. The summed E-state index contributed by atoms with van der Waals surface area (Å²) in [5.74, 6) is -1.22. The van der Waals surface area contributed by atoms with Crippen LogP contribution in [-0.4, -0.2) is 5.91 Å². The molecule has 2 unspecified atom stereocenters. The molecule has 0 fully saturated rings. The van der Waals surface area contributed by atoms with Crippen LogP contribution < -0.4 is 5.32 Å². The Morgan fingerprint density at radius 3 is 2.53 bits per heavy atom. The summed E-state index contributed by atoms with van der Waals surface area (Å²) >= 11 is 0. The van der Waals surface area contributed by atoms with Crippen molar-refractivity contribution in [3.8, 4) is 6.07 Å². The zero-order valence-corrected chi connectivity index (χ0v) is 9.90. The molecule has 1 amide bonds. The zero-order chi connectivity index (χ0) is 12.8. The number of hydrogen-bond donors (Lipinski definition) is 1. The minimum absolute atomic E-state index is 0.231. The lowest BCUT2D eigenvalue weighted by molar-refractivity contribution is -0.124. The van der Waals surface area contributed by atoms with Crippen molar-refractivity contribution in [3.63, 3.8) is 0 Å². The van der Waals surface area contributed by atoms with Crippen molar-refractivity contribution >= 4 is 5.91 Å². The third kappa shape index (κ3) is 3.56. The van der Waals surface area contributed by atoms with Crippen LogP contribution in [-0.2, 0) is 4.79 Å². The highest BCUT2D eigenvalue weighted by molar-refractivity contribution is 5.81. The van der Waals surface area contributed by atoms with Gasteiger partial charge in [0.25, 0.3) is 0 Å². The van der Waals surface area contributed by atoms with Crippen molar-refractivity contribution < 1.29 is 9.18 Å². The van der Waals surface area contributed by atoms with Crippen molar-refractivity contribution in [3.05, 3.63) is 35.6 Å². The molecule has 2 atom stereocenters. The molecule has 0 radical (unpaired) electrons. The molecule has 0 aliphatic carbocycles. The van der Waals surface area contributed by atoms with Gasteiger partial charge in [0, 0.05) is 0 Å². The first-order chi connectivity index (χ1) is 8.08. The average molecular weight is 234 g/mol. The molecular formula is C13H15FN2O. The van der Waals surface area contributed by atoms with E-state index in [1.165, 1.54) is 12.1 Å². The lowest BCUT2D eigenvalue weighted by atomic mass is 10.0. The highest BCUT2D eigenvalue weighted by Crippen LogP contribution is 2.14. The monoisotopic (exact) mass is 234 g/mol. The Morgan fingerprint density at radius 2 is 2.06 bits per heavy atom. The third-order valence-corrected chi connectivity index (χ3v) is 2.61. The fourth-order valence-corrected chi connectivity index (χ4v) is 1.48. The quantitative estimate of drug-likeness (QED) is 0.870. The number of hydrogen-bond acceptors (Lipinski definition) is 2. The van der Waals surface area contributed by atoms with Gasteiger partial charge in [0.2, 0.25) is 5.91 Å². The van der Waals surface area contributed by atoms with Gasteiger partial charge in [-0.1, -0.05) is 19.1 Å². The lowest BCUT2D eigenvalue weighted by Gasteiger charge is -2.16. The number of carbonyl (C=O) groups excluding carboxylic acids is 1. The summed E-state index contributed by atoms with van der Waals surface area (Å²) in [6.45, 7) is 3.59. The summed E-state index contributed by atoms with van der Waals surface area (Å²) in [4.78, 5) is 11.6. The first-order valence-corrected chi connectivity index (χ1v) is 5.54. The summed E-state index contributed by atoms with van der Waals surface area (Å²) in [5, 5.41) is 11.5. The van der Waals surface area contributed by atoms with E-state index < -0.39 is 5.92 Å². The van der Waals surface area contributed by atoms with Gasteiger partial charge in [-0.25, -0.2) is 4.39 Å². The summed E-state index contributed by atoms with van der Waals surface area (Å²) in [6, 6.07) is 7.65. The molecule has 4 heteroatoms. The predicted octanol–water partition coefficient (Wildman–Crippen LogP) is 2.55. The van der Waals surface area contributed by atoms with Crippen LogP contribution in [0.3, 0.4) is 0 Å². The van der Waals surface area contributed by atoms with Crippen LogP contribution in [0.2, 0.25) is 0 Å².